The second-order valence-corrected chi connectivity index (χ2v) is 3.96. The summed E-state index contributed by atoms with van der Waals surface area (Å²) >= 11 is 0. The molecule has 0 bridgehead atoms. The lowest BCUT2D eigenvalue weighted by atomic mass is 10.2. The van der Waals surface area contributed by atoms with Crippen molar-refractivity contribution in [2.24, 2.45) is 0 Å². The van der Waals surface area contributed by atoms with Crippen molar-refractivity contribution in [2.45, 2.75) is 13.8 Å². The minimum Gasteiger partial charge on any atom is -0.298 e. The molecule has 0 fully saturated rings. The van der Waals surface area contributed by atoms with Crippen molar-refractivity contribution in [3.8, 4) is 11.4 Å². The van der Waals surface area contributed by atoms with Crippen LogP contribution in [0.3, 0.4) is 0 Å². The van der Waals surface area contributed by atoms with Crippen LogP contribution in [0.5, 0.6) is 0 Å². The number of aryl methyl sites for hydroxylation is 2. The highest BCUT2D eigenvalue weighted by Crippen LogP contribution is 2.22. The maximum absolute atomic E-state index is 4.52. The van der Waals surface area contributed by atoms with Crippen LogP contribution >= 0.6 is 0 Å². The fourth-order valence-electron chi connectivity index (χ4n) is 2.01. The molecule has 0 saturated heterocycles. The van der Waals surface area contributed by atoms with Crippen LogP contribution in [0, 0.1) is 13.8 Å². The zero-order valence-electron chi connectivity index (χ0n) is 9.75. The Hall–Kier alpha value is -2.23. The molecular weight excluding hydrogens is 212 g/mol. The third-order valence-electron chi connectivity index (χ3n) is 2.72. The highest BCUT2D eigenvalue weighted by molar-refractivity contribution is 5.63. The van der Waals surface area contributed by atoms with E-state index in [1.165, 1.54) is 0 Å². The van der Waals surface area contributed by atoms with Crippen LogP contribution in [0.1, 0.15) is 11.5 Å². The Labute approximate surface area is 99.0 Å². The minimum atomic E-state index is 0.771. The molecule has 0 aliphatic heterocycles. The summed E-state index contributed by atoms with van der Waals surface area (Å²) in [7, 11) is 0. The zero-order chi connectivity index (χ0) is 11.8. The van der Waals surface area contributed by atoms with E-state index < -0.39 is 0 Å². The van der Waals surface area contributed by atoms with Gasteiger partial charge in [0, 0.05) is 12.4 Å². The summed E-state index contributed by atoms with van der Waals surface area (Å²) in [5.74, 6) is 0.771. The van der Waals surface area contributed by atoms with E-state index in [0.29, 0.717) is 0 Å². The van der Waals surface area contributed by atoms with Crippen molar-refractivity contribution < 1.29 is 0 Å². The van der Waals surface area contributed by atoms with Crippen LogP contribution in [-0.4, -0.2) is 19.4 Å². The molecule has 0 aromatic carbocycles. The van der Waals surface area contributed by atoms with E-state index in [-0.39, 0.29) is 0 Å². The molecule has 84 valence electrons. The number of aromatic nitrogens is 4. The highest BCUT2D eigenvalue weighted by atomic mass is 15.0. The second kappa shape index (κ2) is 3.66. The van der Waals surface area contributed by atoms with E-state index in [1.54, 1.807) is 6.20 Å². The quantitative estimate of drug-likeness (QED) is 0.637. The summed E-state index contributed by atoms with van der Waals surface area (Å²) in [6.45, 7) is 3.89. The molecule has 0 radical (unpaired) electrons. The summed E-state index contributed by atoms with van der Waals surface area (Å²) in [5, 5.41) is 0. The van der Waals surface area contributed by atoms with E-state index in [1.807, 2.05) is 44.3 Å². The average molecular weight is 224 g/mol. The molecule has 0 saturated carbocycles. The molecule has 0 aliphatic rings. The predicted molar refractivity (Wildman–Crippen MR) is 65.7 cm³/mol. The van der Waals surface area contributed by atoms with Gasteiger partial charge in [-0.05, 0) is 32.0 Å². The van der Waals surface area contributed by atoms with Crippen molar-refractivity contribution in [1.29, 1.82) is 0 Å². The second-order valence-electron chi connectivity index (χ2n) is 3.96. The Morgan fingerprint density at radius 3 is 2.76 bits per heavy atom. The van der Waals surface area contributed by atoms with Crippen molar-refractivity contribution >= 4 is 5.65 Å². The van der Waals surface area contributed by atoms with Gasteiger partial charge < -0.3 is 0 Å². The van der Waals surface area contributed by atoms with Gasteiger partial charge in [-0.25, -0.2) is 15.0 Å². The van der Waals surface area contributed by atoms with E-state index in [9.17, 15) is 0 Å². The van der Waals surface area contributed by atoms with Gasteiger partial charge in [-0.3, -0.25) is 4.40 Å². The first-order valence-corrected chi connectivity index (χ1v) is 5.49. The fraction of sp³-hybridized carbons (Fsp3) is 0.154. The molecular formula is C13H12N4. The third kappa shape index (κ3) is 1.58. The lowest BCUT2D eigenvalue weighted by molar-refractivity contribution is 1.04. The van der Waals surface area contributed by atoms with Crippen LogP contribution in [0.4, 0.5) is 0 Å². The van der Waals surface area contributed by atoms with Gasteiger partial charge in [0.25, 0.3) is 0 Å². The largest absolute Gasteiger partial charge is 0.298 e. The van der Waals surface area contributed by atoms with Crippen molar-refractivity contribution in [1.82, 2.24) is 19.4 Å². The lowest BCUT2D eigenvalue weighted by Crippen LogP contribution is -1.94. The minimum absolute atomic E-state index is 0.771. The summed E-state index contributed by atoms with van der Waals surface area (Å²) in [6.07, 6.45) is 3.78. The van der Waals surface area contributed by atoms with Gasteiger partial charge in [0.1, 0.15) is 11.5 Å². The number of fused-ring (bicyclic) bond motifs is 1. The van der Waals surface area contributed by atoms with Gasteiger partial charge in [0.2, 0.25) is 0 Å². The monoisotopic (exact) mass is 224 g/mol. The highest BCUT2D eigenvalue weighted by Gasteiger charge is 2.11. The molecule has 0 amide bonds. The Kier molecular flexibility index (Phi) is 2.14. The fourth-order valence-corrected chi connectivity index (χ4v) is 2.01. The average Bonchev–Trinajstić information content (AvgIpc) is 2.64. The maximum Gasteiger partial charge on any atom is 0.137 e. The zero-order valence-corrected chi connectivity index (χ0v) is 9.75. The number of imidazole rings is 1. The molecule has 0 aliphatic carbocycles. The predicted octanol–water partition coefficient (Wildman–Crippen LogP) is 2.41. The van der Waals surface area contributed by atoms with Gasteiger partial charge in [-0.15, -0.1) is 0 Å². The molecule has 3 aromatic rings. The molecule has 17 heavy (non-hydrogen) atoms. The van der Waals surface area contributed by atoms with Crippen LogP contribution in [0.25, 0.3) is 17.0 Å². The Bertz CT molecular complexity index is 685. The topological polar surface area (TPSA) is 43.1 Å². The first-order valence-electron chi connectivity index (χ1n) is 5.49. The van der Waals surface area contributed by atoms with E-state index in [2.05, 4.69) is 19.4 Å². The number of rotatable bonds is 1. The van der Waals surface area contributed by atoms with Gasteiger partial charge in [0.15, 0.2) is 0 Å². The number of nitrogens with zero attached hydrogens (tertiary/aromatic N) is 4. The number of hydrogen-bond acceptors (Lipinski definition) is 3. The molecule has 0 spiro atoms. The summed E-state index contributed by atoms with van der Waals surface area (Å²) in [4.78, 5) is 13.1. The standard InChI is InChI=1S/C13H12N4/c1-9-13(11-6-7-14-10(2)16-11)17-8-4-3-5-12(17)15-9/h3-8H,1-2H3. The molecule has 4 nitrogen and oxygen atoms in total. The SMILES string of the molecule is Cc1nccc(-c2c(C)nc3ccccn23)n1. The number of pyridine rings is 1. The Morgan fingerprint density at radius 1 is 1.06 bits per heavy atom. The van der Waals surface area contributed by atoms with Gasteiger partial charge in [-0.1, -0.05) is 6.07 Å². The summed E-state index contributed by atoms with van der Waals surface area (Å²) in [5.41, 5.74) is 3.87. The van der Waals surface area contributed by atoms with E-state index >= 15 is 0 Å². The van der Waals surface area contributed by atoms with Crippen LogP contribution in [-0.2, 0) is 0 Å². The lowest BCUT2D eigenvalue weighted by Gasteiger charge is -2.02. The van der Waals surface area contributed by atoms with Crippen molar-refractivity contribution in [3.63, 3.8) is 0 Å². The number of hydrogen-bond donors (Lipinski definition) is 0. The summed E-state index contributed by atoms with van der Waals surface area (Å²) < 4.78 is 2.05. The molecule has 3 rings (SSSR count). The molecule has 0 atom stereocenters. The maximum atomic E-state index is 4.52. The van der Waals surface area contributed by atoms with Gasteiger partial charge in [-0.2, -0.15) is 0 Å². The van der Waals surface area contributed by atoms with E-state index in [0.717, 1.165) is 28.6 Å². The molecule has 3 aromatic heterocycles. The van der Waals surface area contributed by atoms with E-state index in [4.69, 9.17) is 0 Å². The van der Waals surface area contributed by atoms with Crippen molar-refractivity contribution in [2.75, 3.05) is 0 Å². The Morgan fingerprint density at radius 2 is 1.94 bits per heavy atom. The molecule has 3 heterocycles. The first-order chi connectivity index (χ1) is 8.25. The molecule has 0 N–H and O–H groups in total. The Balaban J connectivity index is 2.33. The van der Waals surface area contributed by atoms with Gasteiger partial charge in [0.05, 0.1) is 17.1 Å². The van der Waals surface area contributed by atoms with Crippen LogP contribution in [0.2, 0.25) is 0 Å². The van der Waals surface area contributed by atoms with Crippen molar-refractivity contribution in [3.05, 3.63) is 48.2 Å². The third-order valence-corrected chi connectivity index (χ3v) is 2.72. The first kappa shape index (κ1) is 9.96. The smallest absolute Gasteiger partial charge is 0.137 e. The molecule has 4 heteroatoms. The molecule has 0 unspecified atom stereocenters. The summed E-state index contributed by atoms with van der Waals surface area (Å²) in [6, 6.07) is 7.88. The normalized spacial score (nSPS) is 10.9. The van der Waals surface area contributed by atoms with Crippen LogP contribution < -0.4 is 0 Å². The van der Waals surface area contributed by atoms with Crippen LogP contribution in [0.15, 0.2) is 36.7 Å². The van der Waals surface area contributed by atoms with Gasteiger partial charge >= 0.3 is 0 Å².